The van der Waals surface area contributed by atoms with Crippen LogP contribution in [0.2, 0.25) is 0 Å². The van der Waals surface area contributed by atoms with E-state index in [-0.39, 0.29) is 11.1 Å². The molecule has 8 rings (SSSR count). The highest BCUT2D eigenvalue weighted by Crippen LogP contribution is 2.48. The van der Waals surface area contributed by atoms with Gasteiger partial charge in [-0.2, -0.15) is 0 Å². The summed E-state index contributed by atoms with van der Waals surface area (Å²) >= 11 is 0. The summed E-state index contributed by atoms with van der Waals surface area (Å²) in [6.07, 6.45) is 1.87. The fourth-order valence-corrected chi connectivity index (χ4v) is 7.24. The van der Waals surface area contributed by atoms with Gasteiger partial charge in [0.2, 0.25) is 11.6 Å². The molecule has 0 unspecified atom stereocenters. The molecule has 2 aliphatic rings. The van der Waals surface area contributed by atoms with Crippen molar-refractivity contribution in [2.45, 2.75) is 32.6 Å². The topological polar surface area (TPSA) is 12.9 Å². The van der Waals surface area contributed by atoms with Gasteiger partial charge in [0.15, 0.2) is 46.5 Å². The summed E-state index contributed by atoms with van der Waals surface area (Å²) in [4.78, 5) is 5.01. The summed E-state index contributed by atoms with van der Waals surface area (Å²) in [5.74, 6) is -20.9. The molecule has 5 aromatic carbocycles. The molecule has 2 aliphatic carbocycles. The van der Waals surface area contributed by atoms with Gasteiger partial charge in [-0.25, -0.2) is 48.9 Å². The second-order valence-electron chi connectivity index (χ2n) is 12.6. The van der Waals surface area contributed by atoms with Crippen molar-refractivity contribution in [1.29, 1.82) is 0 Å². The van der Waals surface area contributed by atoms with Crippen LogP contribution in [0.15, 0.2) is 60.7 Å². The Morgan fingerprint density at radius 2 is 0.745 bits per heavy atom. The molecule has 0 saturated heterocycles. The van der Waals surface area contributed by atoms with E-state index >= 15 is 0 Å². The molecule has 51 heavy (non-hydrogen) atoms. The SMILES string of the molecule is Cc1ccc(-c2c3c(nc4c2CCc2ccc(-c5c(F)c(F)c(F)c(F)c5F)cc2-4)-c2cc(-c4c(F)c(F)c(F)c(F)c4F)ccc2CC3)cc1. The number of nitrogens with zero attached hydrogens (tertiary/aromatic N) is 1. The molecule has 0 N–H and O–H groups in total. The van der Waals surface area contributed by atoms with Gasteiger partial charge < -0.3 is 0 Å². The first-order valence-corrected chi connectivity index (χ1v) is 15.8. The first-order chi connectivity index (χ1) is 24.4. The van der Waals surface area contributed by atoms with Crippen LogP contribution in [0.4, 0.5) is 43.9 Å². The largest absolute Gasteiger partial charge is 0.247 e. The van der Waals surface area contributed by atoms with E-state index in [9.17, 15) is 43.9 Å². The van der Waals surface area contributed by atoms with Crippen molar-refractivity contribution in [3.8, 4) is 55.9 Å². The molecule has 0 amide bonds. The number of halogens is 10. The maximum absolute atomic E-state index is 15.0. The van der Waals surface area contributed by atoms with E-state index in [1.807, 2.05) is 31.2 Å². The molecule has 1 heterocycles. The van der Waals surface area contributed by atoms with Gasteiger partial charge in [-0.3, -0.25) is 0 Å². The van der Waals surface area contributed by atoms with Gasteiger partial charge in [0.05, 0.1) is 22.5 Å². The molecule has 11 heteroatoms. The normalized spacial score (nSPS) is 13.1. The lowest BCUT2D eigenvalue weighted by Gasteiger charge is -2.29. The van der Waals surface area contributed by atoms with Crippen molar-refractivity contribution in [3.63, 3.8) is 0 Å². The van der Waals surface area contributed by atoms with Crippen LogP contribution in [0.5, 0.6) is 0 Å². The average molecular weight is 706 g/mol. The lowest BCUT2D eigenvalue weighted by atomic mass is 9.77. The number of aryl methyl sites for hydroxylation is 3. The highest BCUT2D eigenvalue weighted by molar-refractivity contribution is 5.90. The van der Waals surface area contributed by atoms with Crippen LogP contribution in [0, 0.1) is 65.1 Å². The van der Waals surface area contributed by atoms with Crippen LogP contribution in [-0.2, 0) is 25.7 Å². The molecule has 0 atom stereocenters. The van der Waals surface area contributed by atoms with E-state index in [0.717, 1.165) is 27.8 Å². The third-order valence-corrected chi connectivity index (χ3v) is 9.75. The Bertz CT molecular complexity index is 2280. The van der Waals surface area contributed by atoms with Crippen LogP contribution < -0.4 is 0 Å². The van der Waals surface area contributed by atoms with Gasteiger partial charge in [-0.05, 0) is 89.2 Å². The Hall–Kier alpha value is -5.45. The predicted octanol–water partition coefficient (Wildman–Crippen LogP) is 11.3. The van der Waals surface area contributed by atoms with Crippen LogP contribution in [-0.4, -0.2) is 4.98 Å². The summed E-state index contributed by atoms with van der Waals surface area (Å²) in [6.45, 7) is 1.91. The molecule has 1 aromatic heterocycles. The summed E-state index contributed by atoms with van der Waals surface area (Å²) in [7, 11) is 0. The first kappa shape index (κ1) is 32.7. The number of aromatic nitrogens is 1. The monoisotopic (exact) mass is 705 g/mol. The van der Waals surface area contributed by atoms with Crippen LogP contribution in [0.3, 0.4) is 0 Å². The standard InChI is InChI=1S/C40H21F10N/c1-16-2-4-19(5-3-16)26-22-12-10-17-6-8-20(27-29(41)33(45)37(49)34(46)30(27)42)14-24(17)39(22)51-40-23(26)13-11-18-7-9-21(15-25(18)40)28-31(43)35(47)38(50)36(48)32(28)44/h2-9,14-15H,10-13H2,1H3. The first-order valence-electron chi connectivity index (χ1n) is 15.8. The third-order valence-electron chi connectivity index (χ3n) is 9.75. The van der Waals surface area contributed by atoms with Gasteiger partial charge in [-0.1, -0.05) is 54.1 Å². The molecule has 0 spiro atoms. The minimum absolute atomic E-state index is 0.278. The zero-order valence-electron chi connectivity index (χ0n) is 26.3. The quantitative estimate of drug-likeness (QED) is 0.101. The van der Waals surface area contributed by atoms with Crippen LogP contribution in [0.25, 0.3) is 55.9 Å². The van der Waals surface area contributed by atoms with Crippen molar-refractivity contribution in [3.05, 3.63) is 147 Å². The number of benzene rings is 5. The van der Waals surface area contributed by atoms with Crippen molar-refractivity contribution in [2.75, 3.05) is 0 Å². The minimum Gasteiger partial charge on any atom is -0.247 e. The van der Waals surface area contributed by atoms with Crippen molar-refractivity contribution in [1.82, 2.24) is 4.98 Å². The Kier molecular flexibility index (Phi) is 7.59. The highest BCUT2D eigenvalue weighted by Gasteiger charge is 2.33. The second kappa shape index (κ2) is 11.8. The molecule has 1 nitrogen and oxygen atoms in total. The van der Waals surface area contributed by atoms with E-state index in [4.69, 9.17) is 4.98 Å². The van der Waals surface area contributed by atoms with Crippen molar-refractivity contribution in [2.24, 2.45) is 0 Å². The van der Waals surface area contributed by atoms with Crippen LogP contribution in [0.1, 0.15) is 27.8 Å². The van der Waals surface area contributed by atoms with Crippen molar-refractivity contribution < 1.29 is 43.9 Å². The lowest BCUT2D eigenvalue weighted by Crippen LogP contribution is -2.15. The van der Waals surface area contributed by atoms with Gasteiger partial charge in [0.1, 0.15) is 0 Å². The smallest absolute Gasteiger partial charge is 0.200 e. The zero-order chi connectivity index (χ0) is 36.0. The Morgan fingerprint density at radius 1 is 0.392 bits per heavy atom. The molecular weight excluding hydrogens is 684 g/mol. The van der Waals surface area contributed by atoms with Gasteiger partial charge >= 0.3 is 0 Å². The molecule has 0 saturated carbocycles. The number of hydrogen-bond acceptors (Lipinski definition) is 1. The van der Waals surface area contributed by atoms with Gasteiger partial charge in [-0.15, -0.1) is 0 Å². The number of pyridine rings is 1. The molecule has 0 bridgehead atoms. The Morgan fingerprint density at radius 3 is 1.14 bits per heavy atom. The van der Waals surface area contributed by atoms with E-state index in [0.29, 0.717) is 59.3 Å². The molecule has 6 aromatic rings. The lowest BCUT2D eigenvalue weighted by molar-refractivity contribution is 0.381. The zero-order valence-corrected chi connectivity index (χ0v) is 26.3. The molecule has 0 fully saturated rings. The highest BCUT2D eigenvalue weighted by atomic mass is 19.2. The number of hydrogen-bond donors (Lipinski definition) is 0. The van der Waals surface area contributed by atoms with E-state index in [1.54, 1.807) is 0 Å². The van der Waals surface area contributed by atoms with Gasteiger partial charge in [0.25, 0.3) is 0 Å². The second-order valence-corrected chi connectivity index (χ2v) is 12.6. The van der Waals surface area contributed by atoms with Gasteiger partial charge in [0, 0.05) is 11.1 Å². The molecule has 0 radical (unpaired) electrons. The maximum atomic E-state index is 15.0. The summed E-state index contributed by atoms with van der Waals surface area (Å²) in [5, 5.41) is 0. The molecular formula is C40H21F10N. The average Bonchev–Trinajstić information content (AvgIpc) is 3.14. The fraction of sp³-hybridized carbons (Fsp3) is 0.125. The maximum Gasteiger partial charge on any atom is 0.200 e. The van der Waals surface area contributed by atoms with E-state index < -0.39 is 69.3 Å². The van der Waals surface area contributed by atoms with Crippen LogP contribution >= 0.6 is 0 Å². The fourth-order valence-electron chi connectivity index (χ4n) is 7.24. The summed E-state index contributed by atoms with van der Waals surface area (Å²) in [5.41, 5.74) is 4.15. The van der Waals surface area contributed by atoms with E-state index in [2.05, 4.69) is 0 Å². The predicted molar refractivity (Wildman–Crippen MR) is 171 cm³/mol. The molecule has 0 aliphatic heterocycles. The Labute approximate surface area is 283 Å². The van der Waals surface area contributed by atoms with E-state index in [1.165, 1.54) is 36.4 Å². The minimum atomic E-state index is -2.28. The summed E-state index contributed by atoms with van der Waals surface area (Å²) < 4.78 is 145. The molecule has 256 valence electrons. The number of fused-ring (bicyclic) bond motifs is 6. The number of rotatable bonds is 3. The third kappa shape index (κ3) is 4.88. The Balaban J connectivity index is 1.40. The summed E-state index contributed by atoms with van der Waals surface area (Å²) in [6, 6.07) is 15.9. The van der Waals surface area contributed by atoms with Crippen molar-refractivity contribution >= 4 is 0 Å².